The molecular formula is C18H18ClNO4. The van der Waals surface area contributed by atoms with Gasteiger partial charge in [-0.2, -0.15) is 0 Å². The summed E-state index contributed by atoms with van der Waals surface area (Å²) in [5.41, 5.74) is 0.571. The zero-order chi connectivity index (χ0) is 16.9. The van der Waals surface area contributed by atoms with E-state index >= 15 is 0 Å². The Balaban J connectivity index is 1.58. The Morgan fingerprint density at radius 3 is 2.96 bits per heavy atom. The van der Waals surface area contributed by atoms with Crippen molar-refractivity contribution < 1.29 is 19.4 Å². The van der Waals surface area contributed by atoms with E-state index < -0.39 is 11.4 Å². The maximum absolute atomic E-state index is 12.8. The van der Waals surface area contributed by atoms with Crippen molar-refractivity contribution >= 4 is 29.6 Å². The second-order valence-electron chi connectivity index (χ2n) is 6.88. The number of ether oxygens (including phenoxy) is 1. The molecule has 1 aliphatic carbocycles. The molecule has 2 fully saturated rings. The van der Waals surface area contributed by atoms with Crippen molar-refractivity contribution in [1.82, 2.24) is 4.90 Å². The Bertz CT molecular complexity index is 759. The summed E-state index contributed by atoms with van der Waals surface area (Å²) in [5.74, 6) is -0.135. The second kappa shape index (κ2) is 5.52. The highest BCUT2D eigenvalue weighted by Crippen LogP contribution is 2.49. The third-order valence-electron chi connectivity index (χ3n) is 5.54. The summed E-state index contributed by atoms with van der Waals surface area (Å²) in [6.07, 6.45) is 4.26. The predicted molar refractivity (Wildman–Crippen MR) is 88.9 cm³/mol. The van der Waals surface area contributed by atoms with Gasteiger partial charge < -0.3 is 14.7 Å². The molecule has 24 heavy (non-hydrogen) atoms. The lowest BCUT2D eigenvalue weighted by Crippen LogP contribution is -2.38. The summed E-state index contributed by atoms with van der Waals surface area (Å²) in [6.45, 7) is 1.02. The van der Waals surface area contributed by atoms with Crippen molar-refractivity contribution in [2.75, 3.05) is 19.7 Å². The van der Waals surface area contributed by atoms with Crippen molar-refractivity contribution in [3.05, 3.63) is 34.4 Å². The van der Waals surface area contributed by atoms with E-state index in [1.807, 2.05) is 0 Å². The first kappa shape index (κ1) is 15.5. The molecule has 0 spiro atoms. The number of fused-ring (bicyclic) bond motifs is 2. The van der Waals surface area contributed by atoms with Gasteiger partial charge in [-0.25, -0.2) is 0 Å². The number of likely N-dealkylation sites (tertiary alicyclic amines) is 1. The Kier molecular flexibility index (Phi) is 3.57. The highest BCUT2D eigenvalue weighted by Gasteiger charge is 2.56. The number of carboxylic acid groups (broad SMARTS) is 1. The number of halogens is 1. The minimum atomic E-state index is -0.772. The molecule has 0 unspecified atom stereocenters. The van der Waals surface area contributed by atoms with E-state index in [9.17, 15) is 14.7 Å². The standard InChI is InChI=1S/C18H18ClNO4/c19-14-3-4-15-11(7-14)6-12(9-24-15)16(21)20-8-13-2-1-5-18(13,10-20)17(22)23/h3-4,6-7,13H,1-2,5,8-10H2,(H,22,23)/t13-,18+/m0/s1. The third-order valence-corrected chi connectivity index (χ3v) is 5.78. The van der Waals surface area contributed by atoms with E-state index in [0.29, 0.717) is 35.9 Å². The lowest BCUT2D eigenvalue weighted by molar-refractivity contribution is -0.149. The monoisotopic (exact) mass is 347 g/mol. The zero-order valence-electron chi connectivity index (χ0n) is 13.1. The maximum atomic E-state index is 12.8. The lowest BCUT2D eigenvalue weighted by atomic mass is 9.81. The van der Waals surface area contributed by atoms with Gasteiger partial charge in [0.05, 0.1) is 11.0 Å². The number of carbonyl (C=O) groups excluding carboxylic acids is 1. The van der Waals surface area contributed by atoms with E-state index in [1.54, 1.807) is 29.2 Å². The summed E-state index contributed by atoms with van der Waals surface area (Å²) < 4.78 is 5.65. The molecule has 2 aliphatic heterocycles. The van der Waals surface area contributed by atoms with Gasteiger partial charge in [0.25, 0.3) is 5.91 Å². The van der Waals surface area contributed by atoms with Crippen LogP contribution in [-0.4, -0.2) is 41.6 Å². The minimum Gasteiger partial charge on any atom is -0.488 e. The normalized spacial score (nSPS) is 28.0. The van der Waals surface area contributed by atoms with Crippen LogP contribution in [0.1, 0.15) is 24.8 Å². The number of hydrogen-bond donors (Lipinski definition) is 1. The number of amides is 1. The van der Waals surface area contributed by atoms with E-state index in [-0.39, 0.29) is 18.4 Å². The fourth-order valence-corrected chi connectivity index (χ4v) is 4.45. The molecule has 0 bridgehead atoms. The molecule has 1 N–H and O–H groups in total. The van der Waals surface area contributed by atoms with Crippen molar-refractivity contribution in [2.24, 2.45) is 11.3 Å². The number of nitrogens with zero attached hydrogens (tertiary/aromatic N) is 1. The van der Waals surface area contributed by atoms with Gasteiger partial charge >= 0.3 is 5.97 Å². The summed E-state index contributed by atoms with van der Waals surface area (Å²) in [5, 5.41) is 10.2. The Morgan fingerprint density at radius 1 is 1.38 bits per heavy atom. The van der Waals surface area contributed by atoms with Gasteiger partial charge in [-0.1, -0.05) is 18.0 Å². The maximum Gasteiger partial charge on any atom is 0.311 e. The van der Waals surface area contributed by atoms with Crippen LogP contribution in [0.15, 0.2) is 23.8 Å². The highest BCUT2D eigenvalue weighted by molar-refractivity contribution is 6.30. The number of benzene rings is 1. The first-order valence-electron chi connectivity index (χ1n) is 8.15. The third kappa shape index (κ3) is 2.30. The first-order valence-corrected chi connectivity index (χ1v) is 8.53. The molecule has 0 aromatic heterocycles. The number of carboxylic acids is 1. The molecule has 1 amide bonds. The molecule has 6 heteroatoms. The predicted octanol–water partition coefficient (Wildman–Crippen LogP) is 2.83. The van der Waals surface area contributed by atoms with E-state index in [1.165, 1.54) is 0 Å². The van der Waals surface area contributed by atoms with Gasteiger partial charge in [0.2, 0.25) is 0 Å². The van der Waals surface area contributed by atoms with Gasteiger partial charge in [0.15, 0.2) is 0 Å². The van der Waals surface area contributed by atoms with Crippen LogP contribution in [0.3, 0.4) is 0 Å². The fraction of sp³-hybridized carbons (Fsp3) is 0.444. The van der Waals surface area contributed by atoms with Crippen molar-refractivity contribution in [1.29, 1.82) is 0 Å². The molecular weight excluding hydrogens is 330 g/mol. The van der Waals surface area contributed by atoms with Gasteiger partial charge in [-0.15, -0.1) is 0 Å². The van der Waals surface area contributed by atoms with Crippen LogP contribution < -0.4 is 4.74 Å². The molecule has 1 saturated heterocycles. The highest BCUT2D eigenvalue weighted by atomic mass is 35.5. The molecule has 2 atom stereocenters. The van der Waals surface area contributed by atoms with Crippen molar-refractivity contribution in [3.8, 4) is 5.75 Å². The zero-order valence-corrected chi connectivity index (χ0v) is 13.9. The van der Waals surface area contributed by atoms with Crippen LogP contribution in [-0.2, 0) is 9.59 Å². The number of rotatable bonds is 2. The average Bonchev–Trinajstić information content (AvgIpc) is 3.11. The van der Waals surface area contributed by atoms with Crippen molar-refractivity contribution in [2.45, 2.75) is 19.3 Å². The summed E-state index contributed by atoms with van der Waals surface area (Å²) in [7, 11) is 0. The van der Waals surface area contributed by atoms with Crippen LogP contribution in [0.25, 0.3) is 6.08 Å². The second-order valence-corrected chi connectivity index (χ2v) is 7.31. The molecule has 1 aromatic carbocycles. The van der Waals surface area contributed by atoms with Crippen LogP contribution in [0.5, 0.6) is 5.75 Å². The largest absolute Gasteiger partial charge is 0.488 e. The molecule has 126 valence electrons. The molecule has 4 rings (SSSR count). The Morgan fingerprint density at radius 2 is 2.21 bits per heavy atom. The van der Waals surface area contributed by atoms with Crippen LogP contribution in [0.4, 0.5) is 0 Å². The lowest BCUT2D eigenvalue weighted by Gasteiger charge is -2.25. The summed E-state index contributed by atoms with van der Waals surface area (Å²) >= 11 is 6.00. The molecule has 3 aliphatic rings. The van der Waals surface area contributed by atoms with Crippen LogP contribution in [0, 0.1) is 11.3 Å². The Labute approximate surface area is 144 Å². The summed E-state index contributed by atoms with van der Waals surface area (Å²) in [6, 6.07) is 5.30. The summed E-state index contributed by atoms with van der Waals surface area (Å²) in [4.78, 5) is 26.3. The van der Waals surface area contributed by atoms with E-state index in [2.05, 4.69) is 0 Å². The van der Waals surface area contributed by atoms with Crippen molar-refractivity contribution in [3.63, 3.8) is 0 Å². The SMILES string of the molecule is O=C(C1=Cc2cc(Cl)ccc2OC1)N1C[C@@H]2CCC[C@@]2(C(=O)O)C1. The average molecular weight is 348 g/mol. The molecule has 0 radical (unpaired) electrons. The minimum absolute atomic E-state index is 0.0609. The molecule has 1 saturated carbocycles. The number of hydrogen-bond acceptors (Lipinski definition) is 3. The first-order chi connectivity index (χ1) is 11.5. The van der Waals surface area contributed by atoms with E-state index in [4.69, 9.17) is 16.3 Å². The molecule has 5 nitrogen and oxygen atoms in total. The topological polar surface area (TPSA) is 66.8 Å². The quantitative estimate of drug-likeness (QED) is 0.893. The Hall–Kier alpha value is -2.01. The number of carbonyl (C=O) groups is 2. The fourth-order valence-electron chi connectivity index (χ4n) is 4.27. The van der Waals surface area contributed by atoms with Gasteiger partial charge in [0.1, 0.15) is 12.4 Å². The molecule has 2 heterocycles. The van der Waals surface area contributed by atoms with Gasteiger partial charge in [0, 0.05) is 23.7 Å². The smallest absolute Gasteiger partial charge is 0.311 e. The van der Waals surface area contributed by atoms with Crippen LogP contribution >= 0.6 is 11.6 Å². The van der Waals surface area contributed by atoms with Gasteiger partial charge in [-0.05, 0) is 43.0 Å². The van der Waals surface area contributed by atoms with E-state index in [0.717, 1.165) is 18.4 Å². The molecule has 1 aromatic rings. The van der Waals surface area contributed by atoms with Crippen LogP contribution in [0.2, 0.25) is 5.02 Å². The van der Waals surface area contributed by atoms with Gasteiger partial charge in [-0.3, -0.25) is 9.59 Å². The number of aliphatic carboxylic acids is 1.